The van der Waals surface area contributed by atoms with E-state index in [1.54, 1.807) is 0 Å². The number of hydrogen-bond acceptors (Lipinski definition) is 6. The Morgan fingerprint density at radius 1 is 1.26 bits per heavy atom. The maximum absolute atomic E-state index is 6.07. The van der Waals surface area contributed by atoms with E-state index in [2.05, 4.69) is 20.7 Å². The normalized spacial score (nSPS) is 10.1. The summed E-state index contributed by atoms with van der Waals surface area (Å²) in [5.41, 5.74) is 4.31. The van der Waals surface area contributed by atoms with Crippen LogP contribution >= 0.6 is 11.6 Å². The van der Waals surface area contributed by atoms with E-state index in [9.17, 15) is 0 Å². The van der Waals surface area contributed by atoms with Crippen LogP contribution in [0.1, 0.15) is 0 Å². The number of hydrazine groups is 1. The third kappa shape index (κ3) is 3.04. The van der Waals surface area contributed by atoms with E-state index >= 15 is 0 Å². The van der Waals surface area contributed by atoms with Crippen molar-refractivity contribution in [1.29, 1.82) is 0 Å². The van der Waals surface area contributed by atoms with Crippen LogP contribution in [0.5, 0.6) is 0 Å². The first-order valence-corrected chi connectivity index (χ1v) is 6.02. The summed E-state index contributed by atoms with van der Waals surface area (Å²) in [6.45, 7) is 0. The zero-order chi connectivity index (χ0) is 13.8. The lowest BCUT2D eigenvalue weighted by Crippen LogP contribution is -2.13. The van der Waals surface area contributed by atoms with Crippen LogP contribution in [0.2, 0.25) is 5.02 Å². The first-order valence-electron chi connectivity index (χ1n) is 5.64. The Hall–Kier alpha value is -2.05. The van der Waals surface area contributed by atoms with E-state index in [4.69, 9.17) is 17.4 Å². The number of rotatable bonds is 4. The van der Waals surface area contributed by atoms with Gasteiger partial charge in [0.15, 0.2) is 5.82 Å². The topological polar surface area (TPSA) is 79.1 Å². The van der Waals surface area contributed by atoms with Gasteiger partial charge in [0, 0.05) is 14.1 Å². The molecule has 4 N–H and O–H groups in total. The Balaban J connectivity index is 2.36. The van der Waals surface area contributed by atoms with Crippen LogP contribution in [0.4, 0.5) is 23.1 Å². The molecule has 0 saturated heterocycles. The lowest BCUT2D eigenvalue weighted by atomic mass is 10.2. The monoisotopic (exact) mass is 278 g/mol. The Bertz CT molecular complexity index is 572. The standard InChI is InChI=1S/C12H15ClN6/c1-19(2)10-6-4-3-5-9(10)16-11-8(13)7-15-12(17-11)18-14/h3-7H,14H2,1-2H3,(H2,15,16,17,18). The van der Waals surface area contributed by atoms with Crippen LogP contribution in [0.15, 0.2) is 30.5 Å². The number of benzene rings is 1. The molecule has 0 saturated carbocycles. The summed E-state index contributed by atoms with van der Waals surface area (Å²) in [6, 6.07) is 7.85. The molecular formula is C12H15ClN6. The van der Waals surface area contributed by atoms with Gasteiger partial charge < -0.3 is 10.2 Å². The highest BCUT2D eigenvalue weighted by atomic mass is 35.5. The van der Waals surface area contributed by atoms with Crippen LogP contribution in [0.25, 0.3) is 0 Å². The molecule has 1 aromatic carbocycles. The minimum atomic E-state index is 0.300. The molecule has 1 heterocycles. The van der Waals surface area contributed by atoms with Crippen molar-refractivity contribution in [1.82, 2.24) is 9.97 Å². The molecule has 0 fully saturated rings. The van der Waals surface area contributed by atoms with Crippen molar-refractivity contribution in [2.75, 3.05) is 29.7 Å². The van der Waals surface area contributed by atoms with Gasteiger partial charge >= 0.3 is 0 Å². The number of nitrogens with one attached hydrogen (secondary N) is 2. The average Bonchev–Trinajstić information content (AvgIpc) is 2.41. The SMILES string of the molecule is CN(C)c1ccccc1Nc1nc(NN)ncc1Cl. The van der Waals surface area contributed by atoms with Gasteiger partial charge in [0.2, 0.25) is 5.95 Å². The summed E-state index contributed by atoms with van der Waals surface area (Å²) >= 11 is 6.07. The van der Waals surface area contributed by atoms with Gasteiger partial charge in [-0.05, 0) is 12.1 Å². The molecular weight excluding hydrogens is 264 g/mol. The van der Waals surface area contributed by atoms with Gasteiger partial charge in [-0.25, -0.2) is 10.8 Å². The van der Waals surface area contributed by atoms with Crippen molar-refractivity contribution >= 4 is 34.7 Å². The van der Waals surface area contributed by atoms with E-state index in [0.717, 1.165) is 11.4 Å². The molecule has 0 aliphatic heterocycles. The smallest absolute Gasteiger partial charge is 0.239 e. The highest BCUT2D eigenvalue weighted by molar-refractivity contribution is 6.33. The lowest BCUT2D eigenvalue weighted by molar-refractivity contribution is 1.11. The number of nitrogens with two attached hydrogens (primary N) is 1. The maximum atomic E-state index is 6.07. The fraction of sp³-hybridized carbons (Fsp3) is 0.167. The second-order valence-corrected chi connectivity index (χ2v) is 4.48. The molecule has 0 atom stereocenters. The van der Waals surface area contributed by atoms with Gasteiger partial charge in [-0.3, -0.25) is 5.43 Å². The fourth-order valence-electron chi connectivity index (χ4n) is 1.62. The van der Waals surface area contributed by atoms with Crippen LogP contribution in [0.3, 0.4) is 0 Å². The van der Waals surface area contributed by atoms with Crippen LogP contribution < -0.4 is 21.5 Å². The molecule has 19 heavy (non-hydrogen) atoms. The van der Waals surface area contributed by atoms with Crippen molar-refractivity contribution in [2.45, 2.75) is 0 Å². The van der Waals surface area contributed by atoms with E-state index in [-0.39, 0.29) is 0 Å². The van der Waals surface area contributed by atoms with E-state index in [0.29, 0.717) is 16.8 Å². The molecule has 6 nitrogen and oxygen atoms in total. The molecule has 0 amide bonds. The summed E-state index contributed by atoms with van der Waals surface area (Å²) in [7, 11) is 3.93. The Labute approximate surface area is 116 Å². The Morgan fingerprint density at radius 2 is 2.00 bits per heavy atom. The molecule has 1 aromatic heterocycles. The fourth-order valence-corrected chi connectivity index (χ4v) is 1.76. The Kier molecular flexibility index (Phi) is 4.03. The molecule has 2 rings (SSSR count). The average molecular weight is 279 g/mol. The van der Waals surface area contributed by atoms with Crippen LogP contribution in [-0.2, 0) is 0 Å². The number of para-hydroxylation sites is 2. The largest absolute Gasteiger partial charge is 0.376 e. The summed E-state index contributed by atoms with van der Waals surface area (Å²) in [6.07, 6.45) is 1.49. The first kappa shape index (κ1) is 13.4. The van der Waals surface area contributed by atoms with Gasteiger partial charge in [-0.2, -0.15) is 4.98 Å². The van der Waals surface area contributed by atoms with Gasteiger partial charge in [-0.1, -0.05) is 23.7 Å². The molecule has 0 spiro atoms. The predicted molar refractivity (Wildman–Crippen MR) is 78.9 cm³/mol. The summed E-state index contributed by atoms with van der Waals surface area (Å²) in [5, 5.41) is 3.60. The summed E-state index contributed by atoms with van der Waals surface area (Å²) < 4.78 is 0. The second kappa shape index (κ2) is 5.73. The van der Waals surface area contributed by atoms with Crippen molar-refractivity contribution in [2.24, 2.45) is 5.84 Å². The maximum Gasteiger partial charge on any atom is 0.239 e. The Morgan fingerprint density at radius 3 is 2.68 bits per heavy atom. The molecule has 7 heteroatoms. The number of aromatic nitrogens is 2. The number of halogens is 1. The zero-order valence-electron chi connectivity index (χ0n) is 10.7. The van der Waals surface area contributed by atoms with Gasteiger partial charge in [0.05, 0.1) is 17.6 Å². The summed E-state index contributed by atoms with van der Waals surface area (Å²) in [5.74, 6) is 6.09. The van der Waals surface area contributed by atoms with Crippen LogP contribution in [0, 0.1) is 0 Å². The first-order chi connectivity index (χ1) is 9.11. The van der Waals surface area contributed by atoms with Crippen molar-refractivity contribution in [3.63, 3.8) is 0 Å². The number of nitrogen functional groups attached to an aromatic ring is 1. The molecule has 0 radical (unpaired) electrons. The van der Waals surface area contributed by atoms with Crippen LogP contribution in [-0.4, -0.2) is 24.1 Å². The third-order valence-corrected chi connectivity index (χ3v) is 2.79. The summed E-state index contributed by atoms with van der Waals surface area (Å²) in [4.78, 5) is 10.1. The van der Waals surface area contributed by atoms with Gasteiger partial charge in [0.25, 0.3) is 0 Å². The number of hydrogen-bond donors (Lipinski definition) is 3. The molecule has 0 aliphatic carbocycles. The predicted octanol–water partition coefficient (Wildman–Crippen LogP) is 2.23. The molecule has 0 aliphatic rings. The van der Waals surface area contributed by atoms with Crippen molar-refractivity contribution < 1.29 is 0 Å². The van der Waals surface area contributed by atoms with Gasteiger partial charge in [-0.15, -0.1) is 0 Å². The third-order valence-electron chi connectivity index (χ3n) is 2.51. The molecule has 0 bridgehead atoms. The molecule has 0 unspecified atom stereocenters. The lowest BCUT2D eigenvalue weighted by Gasteiger charge is -2.18. The van der Waals surface area contributed by atoms with E-state index in [1.807, 2.05) is 43.3 Å². The molecule has 100 valence electrons. The second-order valence-electron chi connectivity index (χ2n) is 4.07. The zero-order valence-corrected chi connectivity index (χ0v) is 11.4. The minimum absolute atomic E-state index is 0.300. The number of nitrogens with zero attached hydrogens (tertiary/aromatic N) is 3. The van der Waals surface area contributed by atoms with Crippen molar-refractivity contribution in [3.8, 4) is 0 Å². The highest BCUT2D eigenvalue weighted by Crippen LogP contribution is 2.29. The van der Waals surface area contributed by atoms with E-state index in [1.165, 1.54) is 6.20 Å². The van der Waals surface area contributed by atoms with Gasteiger partial charge in [0.1, 0.15) is 5.02 Å². The highest BCUT2D eigenvalue weighted by Gasteiger charge is 2.08. The molecule has 2 aromatic rings. The quantitative estimate of drug-likeness (QED) is 0.588. The minimum Gasteiger partial charge on any atom is -0.376 e. The van der Waals surface area contributed by atoms with Crippen molar-refractivity contribution in [3.05, 3.63) is 35.5 Å². The van der Waals surface area contributed by atoms with E-state index < -0.39 is 0 Å². The number of anilines is 4.